The fourth-order valence-electron chi connectivity index (χ4n) is 1.76. The minimum Gasteiger partial charge on any atom is -0.497 e. The van der Waals surface area contributed by atoms with Crippen LogP contribution in [0.5, 0.6) is 5.75 Å². The Morgan fingerprint density at radius 3 is 3.00 bits per heavy atom. The third-order valence-electron chi connectivity index (χ3n) is 2.73. The number of nitrogens with two attached hydrogens (primary N) is 1. The van der Waals surface area contributed by atoms with Crippen molar-refractivity contribution in [2.24, 2.45) is 5.73 Å². The first-order valence-corrected chi connectivity index (χ1v) is 5.02. The monoisotopic (exact) mass is 222 g/mol. The molecule has 1 unspecified atom stereocenters. The summed E-state index contributed by atoms with van der Waals surface area (Å²) in [5.74, 6) is 0.716. The third-order valence-corrected chi connectivity index (χ3v) is 2.73. The van der Waals surface area contributed by atoms with Crippen molar-refractivity contribution in [3.63, 3.8) is 0 Å². The van der Waals surface area contributed by atoms with Gasteiger partial charge in [0, 0.05) is 12.1 Å². The molecule has 1 fully saturated rings. The van der Waals surface area contributed by atoms with Gasteiger partial charge in [-0.2, -0.15) is 0 Å². The van der Waals surface area contributed by atoms with Gasteiger partial charge in [-0.1, -0.05) is 12.1 Å². The average Bonchev–Trinajstić information content (AvgIpc) is 2.72. The number of rotatable bonds is 3. The van der Waals surface area contributed by atoms with E-state index >= 15 is 0 Å². The molecule has 0 aliphatic carbocycles. The van der Waals surface area contributed by atoms with Gasteiger partial charge >= 0.3 is 6.09 Å². The van der Waals surface area contributed by atoms with Crippen molar-refractivity contribution >= 4 is 6.09 Å². The van der Waals surface area contributed by atoms with Crippen molar-refractivity contribution in [2.75, 3.05) is 20.2 Å². The van der Waals surface area contributed by atoms with Crippen LogP contribution in [0.4, 0.5) is 4.79 Å². The standard InChI is InChI=1S/C11H14N2O3/c1-15-9-4-2-3-8(5-9)11(6-12)7-13-10(14)16-11/h2-5H,6-7,12H2,1H3,(H,13,14). The van der Waals surface area contributed by atoms with Gasteiger partial charge in [0.25, 0.3) is 0 Å². The number of carbonyl (C=O) groups excluding carboxylic acids is 1. The van der Waals surface area contributed by atoms with Crippen LogP contribution in [0.25, 0.3) is 0 Å². The van der Waals surface area contributed by atoms with E-state index in [1.165, 1.54) is 0 Å². The molecule has 0 saturated carbocycles. The Morgan fingerprint density at radius 1 is 1.62 bits per heavy atom. The fourth-order valence-corrected chi connectivity index (χ4v) is 1.76. The molecule has 1 aromatic carbocycles. The summed E-state index contributed by atoms with van der Waals surface area (Å²) in [7, 11) is 1.59. The van der Waals surface area contributed by atoms with E-state index in [0.717, 1.165) is 5.56 Å². The van der Waals surface area contributed by atoms with Crippen LogP contribution in [-0.2, 0) is 10.3 Å². The summed E-state index contributed by atoms with van der Waals surface area (Å²) in [4.78, 5) is 11.1. The van der Waals surface area contributed by atoms with E-state index < -0.39 is 11.7 Å². The summed E-state index contributed by atoms with van der Waals surface area (Å²) in [6, 6.07) is 7.37. The van der Waals surface area contributed by atoms with E-state index in [2.05, 4.69) is 5.32 Å². The average molecular weight is 222 g/mol. The van der Waals surface area contributed by atoms with Crippen LogP contribution >= 0.6 is 0 Å². The first-order valence-electron chi connectivity index (χ1n) is 5.02. The van der Waals surface area contributed by atoms with E-state index in [1.807, 2.05) is 24.3 Å². The van der Waals surface area contributed by atoms with Crippen molar-refractivity contribution in [3.8, 4) is 5.75 Å². The molecule has 1 aliphatic rings. The topological polar surface area (TPSA) is 73.6 Å². The van der Waals surface area contributed by atoms with E-state index in [4.69, 9.17) is 15.2 Å². The zero-order valence-corrected chi connectivity index (χ0v) is 9.03. The second-order valence-electron chi connectivity index (χ2n) is 3.67. The molecule has 1 heterocycles. The first kappa shape index (κ1) is 10.8. The lowest BCUT2D eigenvalue weighted by molar-refractivity contribution is 0.0615. The molecule has 2 rings (SSSR count). The predicted octanol–water partition coefficient (Wildman–Crippen LogP) is 0.589. The summed E-state index contributed by atoms with van der Waals surface area (Å²) in [5.41, 5.74) is 5.76. The van der Waals surface area contributed by atoms with Crippen LogP contribution in [-0.4, -0.2) is 26.3 Å². The van der Waals surface area contributed by atoms with Crippen LogP contribution in [0.2, 0.25) is 0 Å². The maximum absolute atomic E-state index is 11.1. The Labute approximate surface area is 93.5 Å². The number of cyclic esters (lactones) is 1. The van der Waals surface area contributed by atoms with Gasteiger partial charge in [-0.05, 0) is 12.1 Å². The van der Waals surface area contributed by atoms with Crippen LogP contribution in [0.3, 0.4) is 0 Å². The molecule has 0 bridgehead atoms. The van der Waals surface area contributed by atoms with Gasteiger partial charge in [0.05, 0.1) is 13.7 Å². The minimum atomic E-state index is -0.772. The van der Waals surface area contributed by atoms with Crippen LogP contribution in [0.1, 0.15) is 5.56 Å². The Kier molecular flexibility index (Phi) is 2.70. The molecule has 0 spiro atoms. The Bertz CT molecular complexity index is 408. The summed E-state index contributed by atoms with van der Waals surface area (Å²) in [6.45, 7) is 0.619. The number of hydrogen-bond donors (Lipinski definition) is 2. The van der Waals surface area contributed by atoms with Gasteiger partial charge in [-0.25, -0.2) is 4.79 Å². The first-order chi connectivity index (χ1) is 7.70. The molecule has 3 N–H and O–H groups in total. The zero-order valence-electron chi connectivity index (χ0n) is 9.03. The molecule has 5 heteroatoms. The van der Waals surface area contributed by atoms with E-state index in [1.54, 1.807) is 7.11 Å². The molecule has 1 aromatic rings. The van der Waals surface area contributed by atoms with Gasteiger partial charge in [-0.15, -0.1) is 0 Å². The van der Waals surface area contributed by atoms with Gasteiger partial charge in [-0.3, -0.25) is 0 Å². The van der Waals surface area contributed by atoms with E-state index in [9.17, 15) is 4.79 Å². The van der Waals surface area contributed by atoms with Gasteiger partial charge in [0.15, 0.2) is 5.60 Å². The third kappa shape index (κ3) is 1.69. The number of amides is 1. The molecule has 0 radical (unpaired) electrons. The highest BCUT2D eigenvalue weighted by molar-refractivity contribution is 5.70. The van der Waals surface area contributed by atoms with E-state index in [0.29, 0.717) is 12.3 Å². The predicted molar refractivity (Wildman–Crippen MR) is 58.2 cm³/mol. The molecule has 1 amide bonds. The second kappa shape index (κ2) is 4.02. The second-order valence-corrected chi connectivity index (χ2v) is 3.67. The molecule has 1 aliphatic heterocycles. The van der Waals surface area contributed by atoms with Crippen molar-refractivity contribution in [1.29, 1.82) is 0 Å². The maximum Gasteiger partial charge on any atom is 0.408 e. The highest BCUT2D eigenvalue weighted by atomic mass is 16.6. The smallest absolute Gasteiger partial charge is 0.408 e. The Morgan fingerprint density at radius 2 is 2.44 bits per heavy atom. The number of methoxy groups -OCH3 is 1. The lowest BCUT2D eigenvalue weighted by atomic mass is 9.94. The van der Waals surface area contributed by atoms with E-state index in [-0.39, 0.29) is 6.54 Å². The van der Waals surface area contributed by atoms with Crippen LogP contribution in [0.15, 0.2) is 24.3 Å². The van der Waals surface area contributed by atoms with Crippen molar-refractivity contribution in [2.45, 2.75) is 5.60 Å². The van der Waals surface area contributed by atoms with Crippen molar-refractivity contribution in [3.05, 3.63) is 29.8 Å². The van der Waals surface area contributed by atoms with Crippen molar-refractivity contribution < 1.29 is 14.3 Å². The SMILES string of the molecule is COc1cccc(C2(CN)CNC(=O)O2)c1. The number of hydrogen-bond acceptors (Lipinski definition) is 4. The summed E-state index contributed by atoms with van der Waals surface area (Å²) >= 11 is 0. The molecular formula is C11H14N2O3. The molecular weight excluding hydrogens is 208 g/mol. The normalized spacial score (nSPS) is 23.8. The van der Waals surface area contributed by atoms with Gasteiger partial charge in [0.2, 0.25) is 0 Å². The molecule has 16 heavy (non-hydrogen) atoms. The molecule has 0 aromatic heterocycles. The molecule has 1 atom stereocenters. The maximum atomic E-state index is 11.1. The molecule has 5 nitrogen and oxygen atoms in total. The Hall–Kier alpha value is -1.75. The lowest BCUT2D eigenvalue weighted by Gasteiger charge is -2.25. The molecule has 86 valence electrons. The Balaban J connectivity index is 2.36. The number of alkyl carbamates (subject to hydrolysis) is 1. The van der Waals surface area contributed by atoms with Crippen LogP contribution in [0, 0.1) is 0 Å². The number of nitrogens with one attached hydrogen (secondary N) is 1. The van der Waals surface area contributed by atoms with Crippen molar-refractivity contribution in [1.82, 2.24) is 5.32 Å². The highest BCUT2D eigenvalue weighted by Gasteiger charge is 2.41. The van der Waals surface area contributed by atoms with Gasteiger partial charge in [0.1, 0.15) is 5.75 Å². The summed E-state index contributed by atoms with van der Waals surface area (Å²) in [5, 5.41) is 2.62. The minimum absolute atomic E-state index is 0.235. The van der Waals surface area contributed by atoms with Crippen LogP contribution < -0.4 is 15.8 Å². The quantitative estimate of drug-likeness (QED) is 0.785. The molecule has 1 saturated heterocycles. The largest absolute Gasteiger partial charge is 0.497 e. The zero-order chi connectivity index (χ0) is 11.6. The number of ether oxygens (including phenoxy) is 2. The summed E-state index contributed by atoms with van der Waals surface area (Å²) in [6.07, 6.45) is -0.437. The number of benzene rings is 1. The van der Waals surface area contributed by atoms with Gasteiger partial charge < -0.3 is 20.5 Å². The fraction of sp³-hybridized carbons (Fsp3) is 0.364. The highest BCUT2D eigenvalue weighted by Crippen LogP contribution is 2.30. The summed E-state index contributed by atoms with van der Waals surface area (Å²) < 4.78 is 10.4. The number of carbonyl (C=O) groups is 1. The lowest BCUT2D eigenvalue weighted by Crippen LogP contribution is -2.38.